The van der Waals surface area contributed by atoms with Crippen molar-refractivity contribution in [1.82, 2.24) is 10.3 Å². The third-order valence-electron chi connectivity index (χ3n) is 3.57. The van der Waals surface area contributed by atoms with Crippen LogP contribution in [0.1, 0.15) is 50.6 Å². The third kappa shape index (κ3) is 5.15. The molecule has 4 heteroatoms. The first kappa shape index (κ1) is 14.3. The van der Waals surface area contributed by atoms with Crippen LogP contribution in [0.3, 0.4) is 0 Å². The Balaban J connectivity index is 1.82. The van der Waals surface area contributed by atoms with Crippen molar-refractivity contribution in [1.29, 1.82) is 0 Å². The SMILES string of the molecule is Cc1cccc(NC(=S)NC2CCCCCCC2)n1. The zero-order valence-electron chi connectivity index (χ0n) is 11.6. The van der Waals surface area contributed by atoms with Gasteiger partial charge in [-0.15, -0.1) is 0 Å². The number of aromatic nitrogens is 1. The van der Waals surface area contributed by atoms with Crippen LogP contribution in [0.15, 0.2) is 18.2 Å². The Labute approximate surface area is 121 Å². The quantitative estimate of drug-likeness (QED) is 0.807. The van der Waals surface area contributed by atoms with Gasteiger partial charge in [0.25, 0.3) is 0 Å². The van der Waals surface area contributed by atoms with E-state index < -0.39 is 0 Å². The second-order valence-corrected chi connectivity index (χ2v) is 5.71. The minimum absolute atomic E-state index is 0.519. The van der Waals surface area contributed by atoms with E-state index in [1.807, 2.05) is 25.1 Å². The molecule has 1 aliphatic carbocycles. The van der Waals surface area contributed by atoms with E-state index in [0.717, 1.165) is 11.5 Å². The second kappa shape index (κ2) is 7.43. The van der Waals surface area contributed by atoms with E-state index in [0.29, 0.717) is 11.2 Å². The van der Waals surface area contributed by atoms with Gasteiger partial charge >= 0.3 is 0 Å². The Bertz CT molecular complexity index is 412. The molecule has 1 aromatic heterocycles. The van der Waals surface area contributed by atoms with Crippen molar-refractivity contribution in [3.05, 3.63) is 23.9 Å². The molecule has 0 bridgehead atoms. The molecular formula is C15H23N3S. The van der Waals surface area contributed by atoms with Crippen LogP contribution in [0.2, 0.25) is 0 Å². The van der Waals surface area contributed by atoms with E-state index in [4.69, 9.17) is 12.2 Å². The van der Waals surface area contributed by atoms with E-state index in [2.05, 4.69) is 15.6 Å². The van der Waals surface area contributed by atoms with Crippen molar-refractivity contribution in [2.24, 2.45) is 0 Å². The van der Waals surface area contributed by atoms with Gasteiger partial charge in [0.2, 0.25) is 0 Å². The molecule has 1 aromatic rings. The Kier molecular flexibility index (Phi) is 5.58. The van der Waals surface area contributed by atoms with E-state index >= 15 is 0 Å². The van der Waals surface area contributed by atoms with Crippen LogP contribution in [0.25, 0.3) is 0 Å². The molecule has 1 fully saturated rings. The number of nitrogens with one attached hydrogen (secondary N) is 2. The summed E-state index contributed by atoms with van der Waals surface area (Å²) in [5.41, 5.74) is 0.999. The molecule has 104 valence electrons. The molecule has 0 amide bonds. The van der Waals surface area contributed by atoms with Gasteiger partial charge in [0.15, 0.2) is 5.11 Å². The first-order valence-electron chi connectivity index (χ1n) is 7.25. The molecule has 1 aliphatic rings. The molecule has 2 N–H and O–H groups in total. The van der Waals surface area contributed by atoms with Crippen LogP contribution >= 0.6 is 12.2 Å². The van der Waals surface area contributed by atoms with Gasteiger partial charge < -0.3 is 10.6 Å². The fourth-order valence-corrected chi connectivity index (χ4v) is 2.82. The Morgan fingerprint density at radius 1 is 1.16 bits per heavy atom. The lowest BCUT2D eigenvalue weighted by molar-refractivity contribution is 0.430. The maximum Gasteiger partial charge on any atom is 0.172 e. The van der Waals surface area contributed by atoms with Crippen LogP contribution in [-0.4, -0.2) is 16.1 Å². The largest absolute Gasteiger partial charge is 0.360 e. The molecule has 0 radical (unpaired) electrons. The smallest absolute Gasteiger partial charge is 0.172 e. The van der Waals surface area contributed by atoms with E-state index in [1.54, 1.807) is 0 Å². The molecule has 1 heterocycles. The lowest BCUT2D eigenvalue weighted by atomic mass is 9.97. The summed E-state index contributed by atoms with van der Waals surface area (Å²) >= 11 is 5.38. The van der Waals surface area contributed by atoms with Crippen LogP contribution in [0.5, 0.6) is 0 Å². The summed E-state index contributed by atoms with van der Waals surface area (Å²) < 4.78 is 0. The highest BCUT2D eigenvalue weighted by Gasteiger charge is 2.12. The Hall–Kier alpha value is -1.16. The predicted molar refractivity (Wildman–Crippen MR) is 84.4 cm³/mol. The van der Waals surface area contributed by atoms with Crippen molar-refractivity contribution < 1.29 is 0 Å². The van der Waals surface area contributed by atoms with Crippen LogP contribution in [0.4, 0.5) is 5.82 Å². The minimum Gasteiger partial charge on any atom is -0.360 e. The van der Waals surface area contributed by atoms with E-state index in [-0.39, 0.29) is 0 Å². The molecule has 0 spiro atoms. The highest BCUT2D eigenvalue weighted by molar-refractivity contribution is 7.80. The second-order valence-electron chi connectivity index (χ2n) is 5.30. The summed E-state index contributed by atoms with van der Waals surface area (Å²) in [4.78, 5) is 4.40. The molecular weight excluding hydrogens is 254 g/mol. The van der Waals surface area contributed by atoms with Crippen molar-refractivity contribution in [3.63, 3.8) is 0 Å². The standard InChI is InChI=1S/C15H23N3S/c1-12-8-7-11-14(16-12)18-15(19)17-13-9-5-3-2-4-6-10-13/h7-8,11,13H,2-6,9-10H2,1H3,(H2,16,17,18,19). The molecule has 0 atom stereocenters. The first-order valence-corrected chi connectivity index (χ1v) is 7.66. The molecule has 1 saturated carbocycles. The number of thiocarbonyl (C=S) groups is 1. The van der Waals surface area contributed by atoms with Crippen LogP contribution in [0, 0.1) is 6.92 Å². The lowest BCUT2D eigenvalue weighted by Crippen LogP contribution is -2.38. The van der Waals surface area contributed by atoms with Gasteiger partial charge in [0, 0.05) is 11.7 Å². The minimum atomic E-state index is 0.519. The van der Waals surface area contributed by atoms with E-state index in [9.17, 15) is 0 Å². The summed E-state index contributed by atoms with van der Waals surface area (Å²) in [5, 5.41) is 7.31. The van der Waals surface area contributed by atoms with Gasteiger partial charge in [-0.1, -0.05) is 38.2 Å². The molecule has 0 saturated heterocycles. The highest BCUT2D eigenvalue weighted by atomic mass is 32.1. The molecule has 0 unspecified atom stereocenters. The molecule has 19 heavy (non-hydrogen) atoms. The van der Waals surface area contributed by atoms with Gasteiger partial charge in [0.05, 0.1) is 0 Å². The Morgan fingerprint density at radius 3 is 2.53 bits per heavy atom. The topological polar surface area (TPSA) is 37.0 Å². The highest BCUT2D eigenvalue weighted by Crippen LogP contribution is 2.17. The molecule has 0 aliphatic heterocycles. The van der Waals surface area contributed by atoms with E-state index in [1.165, 1.54) is 44.9 Å². The van der Waals surface area contributed by atoms with Crippen LogP contribution < -0.4 is 10.6 Å². The fourth-order valence-electron chi connectivity index (χ4n) is 2.55. The maximum atomic E-state index is 5.38. The van der Waals surface area contributed by atoms with Crippen molar-refractivity contribution in [3.8, 4) is 0 Å². The van der Waals surface area contributed by atoms with Crippen molar-refractivity contribution >= 4 is 23.1 Å². The number of anilines is 1. The summed E-state index contributed by atoms with van der Waals surface area (Å²) in [6.45, 7) is 1.98. The number of hydrogen-bond acceptors (Lipinski definition) is 2. The van der Waals surface area contributed by atoms with Gasteiger partial charge in [-0.2, -0.15) is 0 Å². The normalized spacial score (nSPS) is 17.3. The summed E-state index contributed by atoms with van der Waals surface area (Å²) in [7, 11) is 0. The molecule has 0 aromatic carbocycles. The zero-order valence-corrected chi connectivity index (χ0v) is 12.4. The summed E-state index contributed by atoms with van der Waals surface area (Å²) in [5.74, 6) is 0.823. The first-order chi connectivity index (χ1) is 9.24. The third-order valence-corrected chi connectivity index (χ3v) is 3.79. The molecule has 2 rings (SSSR count). The average Bonchev–Trinajstić information content (AvgIpc) is 2.32. The number of rotatable bonds is 2. The predicted octanol–water partition coefficient (Wildman–Crippen LogP) is 3.79. The number of pyridine rings is 1. The van der Waals surface area contributed by atoms with Gasteiger partial charge in [-0.25, -0.2) is 4.98 Å². The van der Waals surface area contributed by atoms with Gasteiger partial charge in [-0.3, -0.25) is 0 Å². The van der Waals surface area contributed by atoms with Gasteiger partial charge in [0.1, 0.15) is 5.82 Å². The zero-order chi connectivity index (χ0) is 13.5. The van der Waals surface area contributed by atoms with Crippen molar-refractivity contribution in [2.75, 3.05) is 5.32 Å². The number of hydrogen-bond donors (Lipinski definition) is 2. The Morgan fingerprint density at radius 2 is 1.84 bits per heavy atom. The lowest BCUT2D eigenvalue weighted by Gasteiger charge is -2.22. The monoisotopic (exact) mass is 277 g/mol. The fraction of sp³-hybridized carbons (Fsp3) is 0.600. The van der Waals surface area contributed by atoms with Crippen molar-refractivity contribution in [2.45, 2.75) is 57.9 Å². The molecule has 3 nitrogen and oxygen atoms in total. The van der Waals surface area contributed by atoms with Crippen LogP contribution in [-0.2, 0) is 0 Å². The average molecular weight is 277 g/mol. The number of aryl methyl sites for hydroxylation is 1. The van der Waals surface area contributed by atoms with Gasteiger partial charge in [-0.05, 0) is 44.1 Å². The summed E-state index contributed by atoms with van der Waals surface area (Å²) in [6, 6.07) is 6.43. The number of nitrogens with zero attached hydrogens (tertiary/aromatic N) is 1. The summed E-state index contributed by atoms with van der Waals surface area (Å²) in [6.07, 6.45) is 9.18. The maximum absolute atomic E-state index is 5.38.